The first-order valence-corrected chi connectivity index (χ1v) is 4.15. The molecule has 0 aliphatic heterocycles. The lowest BCUT2D eigenvalue weighted by Crippen LogP contribution is -2.44. The fraction of sp³-hybridized carbons (Fsp3) is 0.222. The summed E-state index contributed by atoms with van der Waals surface area (Å²) in [5, 5.41) is 8.65. The smallest absolute Gasteiger partial charge is 0.339 e. The zero-order chi connectivity index (χ0) is 9.90. The van der Waals surface area contributed by atoms with Crippen LogP contribution in [0.2, 0.25) is 0 Å². The number of hydrogen-bond acceptors (Lipinski definition) is 2. The van der Waals surface area contributed by atoms with E-state index >= 15 is 0 Å². The van der Waals surface area contributed by atoms with Crippen molar-refractivity contribution in [3.63, 3.8) is 0 Å². The van der Waals surface area contributed by atoms with Crippen LogP contribution in [-0.2, 0) is 11.2 Å². The summed E-state index contributed by atoms with van der Waals surface area (Å²) in [6.07, 6.45) is 0.116. The first-order valence-electron chi connectivity index (χ1n) is 3.77. The second-order valence-corrected chi connectivity index (χ2v) is 3.50. The van der Waals surface area contributed by atoms with E-state index in [1.807, 2.05) is 18.2 Å². The first kappa shape index (κ1) is 10.0. The number of benzene rings is 1. The summed E-state index contributed by atoms with van der Waals surface area (Å²) < 4.78 is 0. The van der Waals surface area contributed by atoms with Crippen LogP contribution in [0.25, 0.3) is 0 Å². The normalized spacial score (nSPS) is 14.9. The van der Waals surface area contributed by atoms with Gasteiger partial charge in [-0.25, -0.2) is 4.79 Å². The maximum atomic E-state index is 10.6. The molecule has 1 aromatic carbocycles. The molecule has 1 rings (SSSR count). The quantitative estimate of drug-likeness (QED) is 0.568. The minimum absolute atomic E-state index is 0.116. The van der Waals surface area contributed by atoms with Crippen molar-refractivity contribution in [3.05, 3.63) is 35.9 Å². The maximum absolute atomic E-state index is 10.6. The molecular weight excluding hydrogens is 190 g/mol. The Hall–Kier alpha value is -1.06. The standard InChI is InChI=1S/C9H10ClNO2/c10-9(11,8(12)13)6-7-4-2-1-3-5-7/h1-5H,6,11H2,(H,12,13)/t9-/m0/s1. The predicted molar refractivity (Wildman–Crippen MR) is 50.6 cm³/mol. The van der Waals surface area contributed by atoms with Gasteiger partial charge in [0.25, 0.3) is 0 Å². The molecular formula is C9H10ClNO2. The van der Waals surface area contributed by atoms with Gasteiger partial charge in [0.05, 0.1) is 0 Å². The van der Waals surface area contributed by atoms with Crippen molar-refractivity contribution in [2.45, 2.75) is 11.4 Å². The van der Waals surface area contributed by atoms with Crippen LogP contribution < -0.4 is 5.73 Å². The molecule has 0 spiro atoms. The van der Waals surface area contributed by atoms with Gasteiger partial charge in [0, 0.05) is 6.42 Å². The Labute approximate surface area is 81.1 Å². The second kappa shape index (κ2) is 3.77. The highest BCUT2D eigenvalue weighted by Crippen LogP contribution is 2.15. The number of alkyl halides is 1. The van der Waals surface area contributed by atoms with Crippen molar-refractivity contribution in [1.82, 2.24) is 0 Å². The minimum Gasteiger partial charge on any atom is -0.479 e. The Balaban J connectivity index is 2.75. The van der Waals surface area contributed by atoms with Crippen molar-refractivity contribution in [2.75, 3.05) is 0 Å². The van der Waals surface area contributed by atoms with Crippen molar-refractivity contribution in [3.8, 4) is 0 Å². The lowest BCUT2D eigenvalue weighted by molar-refractivity contribution is -0.140. The molecule has 0 aliphatic carbocycles. The van der Waals surface area contributed by atoms with Crippen LogP contribution in [0.5, 0.6) is 0 Å². The fourth-order valence-corrected chi connectivity index (χ4v) is 1.12. The highest BCUT2D eigenvalue weighted by molar-refractivity contribution is 6.33. The number of hydrogen-bond donors (Lipinski definition) is 2. The van der Waals surface area contributed by atoms with Crippen LogP contribution in [-0.4, -0.2) is 16.1 Å². The van der Waals surface area contributed by atoms with Gasteiger partial charge < -0.3 is 10.8 Å². The van der Waals surface area contributed by atoms with E-state index in [0.717, 1.165) is 5.56 Å². The summed E-state index contributed by atoms with van der Waals surface area (Å²) in [4.78, 5) is 8.86. The number of aliphatic carboxylic acids is 1. The molecule has 0 bridgehead atoms. The van der Waals surface area contributed by atoms with Crippen LogP contribution >= 0.6 is 11.6 Å². The number of carbonyl (C=O) groups is 1. The molecule has 0 heterocycles. The van der Waals surface area contributed by atoms with Crippen molar-refractivity contribution >= 4 is 17.6 Å². The van der Waals surface area contributed by atoms with E-state index < -0.39 is 11.0 Å². The average Bonchev–Trinajstić information content (AvgIpc) is 2.05. The zero-order valence-electron chi connectivity index (χ0n) is 6.90. The lowest BCUT2D eigenvalue weighted by atomic mass is 10.1. The lowest BCUT2D eigenvalue weighted by Gasteiger charge is -2.15. The van der Waals surface area contributed by atoms with Crippen LogP contribution in [0, 0.1) is 0 Å². The highest BCUT2D eigenvalue weighted by atomic mass is 35.5. The summed E-state index contributed by atoms with van der Waals surface area (Å²) in [5.41, 5.74) is 6.17. The van der Waals surface area contributed by atoms with Gasteiger partial charge in [-0.05, 0) is 5.56 Å². The summed E-state index contributed by atoms with van der Waals surface area (Å²) in [7, 11) is 0. The monoisotopic (exact) mass is 199 g/mol. The van der Waals surface area contributed by atoms with Crippen LogP contribution in [0.4, 0.5) is 0 Å². The van der Waals surface area contributed by atoms with Gasteiger partial charge in [-0.1, -0.05) is 41.9 Å². The van der Waals surface area contributed by atoms with Crippen LogP contribution in [0.3, 0.4) is 0 Å². The molecule has 0 unspecified atom stereocenters. The summed E-state index contributed by atoms with van der Waals surface area (Å²) in [6, 6.07) is 9.03. The van der Waals surface area contributed by atoms with Crippen molar-refractivity contribution in [1.29, 1.82) is 0 Å². The molecule has 1 atom stereocenters. The van der Waals surface area contributed by atoms with E-state index in [2.05, 4.69) is 0 Å². The molecule has 0 fully saturated rings. The maximum Gasteiger partial charge on any atom is 0.339 e. The molecule has 0 radical (unpaired) electrons. The van der Waals surface area contributed by atoms with E-state index in [4.69, 9.17) is 22.4 Å². The van der Waals surface area contributed by atoms with Crippen LogP contribution in [0.1, 0.15) is 5.56 Å². The van der Waals surface area contributed by atoms with E-state index in [0.29, 0.717) is 0 Å². The molecule has 1 aromatic rings. The van der Waals surface area contributed by atoms with Gasteiger partial charge in [-0.3, -0.25) is 0 Å². The SMILES string of the molecule is N[C@@](Cl)(Cc1ccccc1)C(=O)O. The second-order valence-electron chi connectivity index (χ2n) is 2.83. The number of rotatable bonds is 3. The third kappa shape index (κ3) is 2.72. The number of nitrogens with two attached hydrogens (primary N) is 1. The minimum atomic E-state index is -1.71. The van der Waals surface area contributed by atoms with Crippen molar-refractivity contribution in [2.24, 2.45) is 5.73 Å². The molecule has 0 aliphatic rings. The Morgan fingerprint density at radius 3 is 2.46 bits per heavy atom. The zero-order valence-corrected chi connectivity index (χ0v) is 7.66. The molecule has 3 N–H and O–H groups in total. The van der Waals surface area contributed by atoms with Crippen molar-refractivity contribution < 1.29 is 9.90 Å². The van der Waals surface area contributed by atoms with Crippen LogP contribution in [0.15, 0.2) is 30.3 Å². The summed E-state index contributed by atoms with van der Waals surface area (Å²) in [5.74, 6) is -1.21. The van der Waals surface area contributed by atoms with Gasteiger partial charge in [0.15, 0.2) is 5.00 Å². The molecule has 0 aromatic heterocycles. The van der Waals surface area contributed by atoms with Gasteiger partial charge in [-0.2, -0.15) is 0 Å². The van der Waals surface area contributed by atoms with E-state index in [-0.39, 0.29) is 6.42 Å². The predicted octanol–water partition coefficient (Wildman–Crippen LogP) is 1.21. The molecule has 4 heteroatoms. The third-order valence-corrected chi connectivity index (χ3v) is 1.96. The van der Waals surface area contributed by atoms with Gasteiger partial charge in [0.1, 0.15) is 0 Å². The average molecular weight is 200 g/mol. The first-order chi connectivity index (χ1) is 6.02. The molecule has 3 nitrogen and oxygen atoms in total. The van der Waals surface area contributed by atoms with Gasteiger partial charge >= 0.3 is 5.97 Å². The molecule has 0 saturated heterocycles. The largest absolute Gasteiger partial charge is 0.479 e. The van der Waals surface area contributed by atoms with E-state index in [1.165, 1.54) is 0 Å². The number of carboxylic acid groups (broad SMARTS) is 1. The Morgan fingerprint density at radius 1 is 1.46 bits per heavy atom. The Morgan fingerprint density at radius 2 is 2.00 bits per heavy atom. The van der Waals surface area contributed by atoms with E-state index in [9.17, 15) is 4.79 Å². The Bertz CT molecular complexity index is 298. The summed E-state index contributed by atoms with van der Waals surface area (Å²) in [6.45, 7) is 0. The van der Waals surface area contributed by atoms with E-state index in [1.54, 1.807) is 12.1 Å². The summed E-state index contributed by atoms with van der Waals surface area (Å²) >= 11 is 5.58. The molecule has 13 heavy (non-hydrogen) atoms. The van der Waals surface area contributed by atoms with Gasteiger partial charge in [0.2, 0.25) is 0 Å². The third-order valence-electron chi connectivity index (χ3n) is 1.66. The topological polar surface area (TPSA) is 63.3 Å². The molecule has 0 saturated carbocycles. The molecule has 70 valence electrons. The highest BCUT2D eigenvalue weighted by Gasteiger charge is 2.30. The fourth-order valence-electron chi connectivity index (χ4n) is 0.969. The van der Waals surface area contributed by atoms with Gasteiger partial charge in [-0.15, -0.1) is 0 Å². The number of halogens is 1. The number of carboxylic acids is 1. The molecule has 0 amide bonds. The Kier molecular flexibility index (Phi) is 2.90.